The van der Waals surface area contributed by atoms with Crippen molar-refractivity contribution in [1.82, 2.24) is 0 Å². The predicted molar refractivity (Wildman–Crippen MR) is 91.8 cm³/mol. The normalized spacial score (nSPS) is 26.4. The highest BCUT2D eigenvalue weighted by molar-refractivity contribution is 14.1. The van der Waals surface area contributed by atoms with E-state index in [1.165, 1.54) is 32.1 Å². The summed E-state index contributed by atoms with van der Waals surface area (Å²) in [6, 6.07) is 9.96. The van der Waals surface area contributed by atoms with Gasteiger partial charge in [-0.2, -0.15) is 0 Å². The number of para-hydroxylation sites is 1. The van der Waals surface area contributed by atoms with Crippen molar-refractivity contribution in [1.29, 1.82) is 0 Å². The lowest BCUT2D eigenvalue weighted by molar-refractivity contribution is -0.0671. The molecule has 0 unspecified atom stereocenters. The molecule has 0 N–H and O–H groups in total. The smallest absolute Gasteiger partial charge is 0.119 e. The summed E-state index contributed by atoms with van der Waals surface area (Å²) < 4.78 is 13.0. The van der Waals surface area contributed by atoms with Crippen molar-refractivity contribution in [2.24, 2.45) is 5.92 Å². The minimum Gasteiger partial charge on any atom is -0.491 e. The Morgan fingerprint density at radius 2 is 1.85 bits per heavy atom. The van der Waals surface area contributed by atoms with Gasteiger partial charge in [-0.05, 0) is 43.7 Å². The first-order valence-corrected chi connectivity index (χ1v) is 9.18. The Kier molecular flexibility index (Phi) is 6.62. The minimum absolute atomic E-state index is 0.103. The van der Waals surface area contributed by atoms with Gasteiger partial charge in [-0.25, -0.2) is 0 Å². The quantitative estimate of drug-likeness (QED) is 0.378. The molecule has 1 saturated carbocycles. The fourth-order valence-electron chi connectivity index (χ4n) is 2.86. The van der Waals surface area contributed by atoms with Crippen LogP contribution in [0.25, 0.3) is 0 Å². The van der Waals surface area contributed by atoms with E-state index in [-0.39, 0.29) is 5.60 Å². The van der Waals surface area contributed by atoms with Crippen LogP contribution in [0.15, 0.2) is 30.3 Å². The lowest BCUT2D eigenvalue weighted by Gasteiger charge is -2.38. The summed E-state index contributed by atoms with van der Waals surface area (Å²) in [5.74, 6) is 1.84. The van der Waals surface area contributed by atoms with Gasteiger partial charge in [0.25, 0.3) is 0 Å². The van der Waals surface area contributed by atoms with Gasteiger partial charge in [0.15, 0.2) is 0 Å². The van der Waals surface area contributed by atoms with Gasteiger partial charge in [0.05, 0.1) is 12.2 Å². The third-order valence-electron chi connectivity index (χ3n) is 4.34. The van der Waals surface area contributed by atoms with Gasteiger partial charge < -0.3 is 9.47 Å². The number of hydrogen-bond donors (Lipinski definition) is 0. The molecule has 1 aliphatic carbocycles. The van der Waals surface area contributed by atoms with Gasteiger partial charge in [0, 0.05) is 4.43 Å². The average molecular weight is 388 g/mol. The van der Waals surface area contributed by atoms with E-state index < -0.39 is 0 Å². The molecular weight excluding hydrogens is 363 g/mol. The number of ether oxygens (including phenoxy) is 2. The third-order valence-corrected chi connectivity index (χ3v) is 5.73. The predicted octanol–water partition coefficient (Wildman–Crippen LogP) is 4.86. The second kappa shape index (κ2) is 8.23. The maximum Gasteiger partial charge on any atom is 0.119 e. The summed E-state index contributed by atoms with van der Waals surface area (Å²) in [6.07, 6.45) is 6.37. The van der Waals surface area contributed by atoms with Gasteiger partial charge in [-0.15, -0.1) is 0 Å². The maximum absolute atomic E-state index is 6.20. The summed E-state index contributed by atoms with van der Waals surface area (Å²) in [4.78, 5) is 0. The lowest BCUT2D eigenvalue weighted by Crippen LogP contribution is -2.39. The molecule has 0 radical (unpaired) electrons. The van der Waals surface area contributed by atoms with Gasteiger partial charge in [0.1, 0.15) is 12.4 Å². The van der Waals surface area contributed by atoms with Gasteiger partial charge in [-0.3, -0.25) is 0 Å². The van der Waals surface area contributed by atoms with Crippen LogP contribution >= 0.6 is 22.6 Å². The molecule has 0 aromatic heterocycles. The molecule has 3 heteroatoms. The zero-order valence-electron chi connectivity index (χ0n) is 12.3. The molecule has 20 heavy (non-hydrogen) atoms. The van der Waals surface area contributed by atoms with Gasteiger partial charge >= 0.3 is 0 Å². The van der Waals surface area contributed by atoms with Crippen molar-refractivity contribution < 1.29 is 9.47 Å². The Morgan fingerprint density at radius 1 is 1.15 bits per heavy atom. The van der Waals surface area contributed by atoms with Crippen LogP contribution in [0.5, 0.6) is 5.75 Å². The van der Waals surface area contributed by atoms with E-state index >= 15 is 0 Å². The van der Waals surface area contributed by atoms with Crippen LogP contribution in [-0.2, 0) is 4.74 Å². The highest BCUT2D eigenvalue weighted by Gasteiger charge is 2.34. The highest BCUT2D eigenvalue weighted by Crippen LogP contribution is 2.37. The first kappa shape index (κ1) is 16.1. The van der Waals surface area contributed by atoms with E-state index in [1.54, 1.807) is 0 Å². The zero-order valence-corrected chi connectivity index (χ0v) is 14.5. The van der Waals surface area contributed by atoms with E-state index in [1.807, 2.05) is 30.3 Å². The first-order chi connectivity index (χ1) is 9.78. The monoisotopic (exact) mass is 388 g/mol. The molecule has 0 aliphatic heterocycles. The highest BCUT2D eigenvalue weighted by atomic mass is 127. The molecule has 1 aliphatic rings. The molecule has 2 rings (SSSR count). The second-order valence-electron chi connectivity index (χ2n) is 5.68. The van der Waals surface area contributed by atoms with Crippen LogP contribution in [0.2, 0.25) is 0 Å². The second-order valence-corrected chi connectivity index (χ2v) is 6.44. The molecule has 0 spiro atoms. The number of halogens is 1. The van der Waals surface area contributed by atoms with Crippen molar-refractivity contribution in [2.75, 3.05) is 17.6 Å². The molecule has 1 aromatic rings. The van der Waals surface area contributed by atoms with Crippen LogP contribution in [0.1, 0.15) is 39.0 Å². The maximum atomic E-state index is 6.20. The number of alkyl halides is 1. The zero-order chi connectivity index (χ0) is 14.3. The van der Waals surface area contributed by atoms with Crippen LogP contribution in [0.4, 0.5) is 0 Å². The van der Waals surface area contributed by atoms with Crippen LogP contribution in [0, 0.1) is 5.92 Å². The van der Waals surface area contributed by atoms with Crippen molar-refractivity contribution in [2.45, 2.75) is 44.6 Å². The molecule has 1 aromatic carbocycles. The topological polar surface area (TPSA) is 18.5 Å². The van der Waals surface area contributed by atoms with Crippen molar-refractivity contribution in [3.8, 4) is 5.75 Å². The molecule has 112 valence electrons. The Hall–Kier alpha value is -0.290. The Labute approximate surface area is 136 Å². The van der Waals surface area contributed by atoms with Crippen LogP contribution in [0.3, 0.4) is 0 Å². The average Bonchev–Trinajstić information content (AvgIpc) is 2.53. The molecule has 0 amide bonds. The summed E-state index contributed by atoms with van der Waals surface area (Å²) in [5.41, 5.74) is 0.103. The van der Waals surface area contributed by atoms with Gasteiger partial charge in [-0.1, -0.05) is 54.1 Å². The molecule has 2 nitrogen and oxygen atoms in total. The largest absolute Gasteiger partial charge is 0.491 e. The van der Waals surface area contributed by atoms with E-state index in [0.717, 1.165) is 16.1 Å². The number of hydrogen-bond acceptors (Lipinski definition) is 2. The molecule has 0 bridgehead atoms. The third kappa shape index (κ3) is 4.62. The van der Waals surface area contributed by atoms with Crippen molar-refractivity contribution in [3.63, 3.8) is 0 Å². The van der Waals surface area contributed by atoms with Crippen LogP contribution in [-0.4, -0.2) is 23.2 Å². The standard InChI is InChI=1S/C17H25IO2/c1-2-15-8-10-17(14-18,11-9-15)20-13-12-19-16-6-4-3-5-7-16/h3-7,15H,2,8-14H2,1H3. The summed E-state index contributed by atoms with van der Waals surface area (Å²) >= 11 is 2.48. The van der Waals surface area contributed by atoms with E-state index in [0.29, 0.717) is 13.2 Å². The van der Waals surface area contributed by atoms with Crippen molar-refractivity contribution >= 4 is 22.6 Å². The molecular formula is C17H25IO2. The summed E-state index contributed by atoms with van der Waals surface area (Å²) in [7, 11) is 0. The summed E-state index contributed by atoms with van der Waals surface area (Å²) in [6.45, 7) is 3.63. The fraction of sp³-hybridized carbons (Fsp3) is 0.647. The van der Waals surface area contributed by atoms with Gasteiger partial charge in [0.2, 0.25) is 0 Å². The Morgan fingerprint density at radius 3 is 2.45 bits per heavy atom. The Balaban J connectivity index is 1.71. The SMILES string of the molecule is CCC1CCC(CI)(OCCOc2ccccc2)CC1. The number of benzene rings is 1. The fourth-order valence-corrected chi connectivity index (χ4v) is 3.85. The van der Waals surface area contributed by atoms with E-state index in [2.05, 4.69) is 29.5 Å². The molecule has 0 saturated heterocycles. The molecule has 1 fully saturated rings. The number of rotatable bonds is 7. The Bertz CT molecular complexity index is 372. The minimum atomic E-state index is 0.103. The molecule has 0 heterocycles. The van der Waals surface area contributed by atoms with E-state index in [4.69, 9.17) is 9.47 Å². The van der Waals surface area contributed by atoms with Crippen molar-refractivity contribution in [3.05, 3.63) is 30.3 Å². The molecule has 0 atom stereocenters. The first-order valence-electron chi connectivity index (χ1n) is 7.66. The van der Waals surface area contributed by atoms with E-state index in [9.17, 15) is 0 Å². The lowest BCUT2D eigenvalue weighted by atomic mass is 9.79. The summed E-state index contributed by atoms with van der Waals surface area (Å²) in [5, 5.41) is 0. The van der Waals surface area contributed by atoms with Crippen LogP contribution < -0.4 is 4.74 Å².